The van der Waals surface area contributed by atoms with Gasteiger partial charge < -0.3 is 24.3 Å². The Balaban J connectivity index is 1.87. The quantitative estimate of drug-likeness (QED) is 0.471. The Morgan fingerprint density at radius 3 is 2.21 bits per heavy atom. The summed E-state index contributed by atoms with van der Waals surface area (Å²) in [5, 5.41) is 3.50. The van der Waals surface area contributed by atoms with Gasteiger partial charge in [-0.15, -0.1) is 0 Å². The molecule has 2 aromatic carbocycles. The van der Waals surface area contributed by atoms with Crippen molar-refractivity contribution in [3.63, 3.8) is 0 Å². The van der Waals surface area contributed by atoms with Crippen molar-refractivity contribution in [3.8, 4) is 11.5 Å². The zero-order chi connectivity index (χ0) is 19.9. The van der Waals surface area contributed by atoms with E-state index in [4.69, 9.17) is 18.9 Å². The van der Waals surface area contributed by atoms with E-state index < -0.39 is 0 Å². The molecule has 0 heterocycles. The highest BCUT2D eigenvalue weighted by Crippen LogP contribution is 2.25. The fourth-order valence-electron chi connectivity index (χ4n) is 2.72. The number of nitrogens with one attached hydrogen (secondary N) is 1. The lowest BCUT2D eigenvalue weighted by atomic mass is 10.1. The fraction of sp³-hybridized carbons (Fsp3) is 0.478. The lowest BCUT2D eigenvalue weighted by Gasteiger charge is -2.15. The molecule has 154 valence electrons. The Labute approximate surface area is 169 Å². The molecule has 28 heavy (non-hydrogen) atoms. The van der Waals surface area contributed by atoms with Gasteiger partial charge in [-0.05, 0) is 38.4 Å². The van der Waals surface area contributed by atoms with Crippen LogP contribution in [-0.2, 0) is 22.4 Å². The van der Waals surface area contributed by atoms with Gasteiger partial charge in [-0.1, -0.05) is 36.4 Å². The minimum absolute atomic E-state index is 0.521. The summed E-state index contributed by atoms with van der Waals surface area (Å²) in [5.41, 5.74) is 2.45. The lowest BCUT2D eigenvalue weighted by Crippen LogP contribution is -2.18. The molecule has 0 atom stereocenters. The first-order valence-electron chi connectivity index (χ1n) is 10.1. The second kappa shape index (κ2) is 14.0. The van der Waals surface area contributed by atoms with Crippen molar-refractivity contribution in [1.29, 1.82) is 0 Å². The molecule has 0 bridgehead atoms. The minimum Gasteiger partial charge on any atom is -0.491 e. The highest BCUT2D eigenvalue weighted by atomic mass is 16.5. The van der Waals surface area contributed by atoms with Crippen LogP contribution in [0.4, 0.5) is 0 Å². The van der Waals surface area contributed by atoms with E-state index in [-0.39, 0.29) is 0 Å². The number of rotatable bonds is 15. The first-order chi connectivity index (χ1) is 13.8. The van der Waals surface area contributed by atoms with E-state index in [0.717, 1.165) is 36.6 Å². The van der Waals surface area contributed by atoms with Crippen molar-refractivity contribution in [2.75, 3.05) is 46.2 Å². The summed E-state index contributed by atoms with van der Waals surface area (Å²) in [5.74, 6) is 1.62. The molecule has 0 spiro atoms. The maximum Gasteiger partial charge on any atom is 0.127 e. The molecule has 0 saturated heterocycles. The van der Waals surface area contributed by atoms with E-state index in [0.29, 0.717) is 39.6 Å². The molecule has 2 aromatic rings. The highest BCUT2D eigenvalue weighted by molar-refractivity contribution is 5.40. The van der Waals surface area contributed by atoms with Gasteiger partial charge in [0.05, 0.1) is 13.2 Å². The Morgan fingerprint density at radius 1 is 0.786 bits per heavy atom. The van der Waals surface area contributed by atoms with Gasteiger partial charge in [0.1, 0.15) is 24.7 Å². The molecule has 0 unspecified atom stereocenters. The molecule has 0 aromatic heterocycles. The Kier molecular flexibility index (Phi) is 11.1. The predicted molar refractivity (Wildman–Crippen MR) is 112 cm³/mol. The first-order valence-corrected chi connectivity index (χ1v) is 10.1. The summed E-state index contributed by atoms with van der Waals surface area (Å²) in [4.78, 5) is 0. The van der Waals surface area contributed by atoms with Crippen LogP contribution < -0.4 is 14.8 Å². The van der Waals surface area contributed by atoms with Crippen molar-refractivity contribution in [2.45, 2.75) is 26.8 Å². The van der Waals surface area contributed by atoms with Gasteiger partial charge in [-0.25, -0.2) is 0 Å². The zero-order valence-electron chi connectivity index (χ0n) is 17.1. The van der Waals surface area contributed by atoms with Crippen LogP contribution >= 0.6 is 0 Å². The van der Waals surface area contributed by atoms with Gasteiger partial charge in [0.25, 0.3) is 0 Å². The van der Waals surface area contributed by atoms with Gasteiger partial charge in [0.2, 0.25) is 0 Å². The maximum absolute atomic E-state index is 5.95. The van der Waals surface area contributed by atoms with Crippen LogP contribution in [0.2, 0.25) is 0 Å². The molecule has 2 rings (SSSR count). The number of hydrogen-bond donors (Lipinski definition) is 1. The summed E-state index contributed by atoms with van der Waals surface area (Å²) in [6.07, 6.45) is 1.000. The summed E-state index contributed by atoms with van der Waals surface area (Å²) in [6.45, 7) is 9.21. The third kappa shape index (κ3) is 8.74. The zero-order valence-corrected chi connectivity index (χ0v) is 17.1. The molecule has 0 aliphatic carbocycles. The van der Waals surface area contributed by atoms with Crippen LogP contribution in [0, 0.1) is 0 Å². The number of ether oxygens (including phenoxy) is 4. The predicted octanol–water partition coefficient (Wildman–Crippen LogP) is 3.85. The van der Waals surface area contributed by atoms with Gasteiger partial charge in [0, 0.05) is 31.4 Å². The van der Waals surface area contributed by atoms with Gasteiger partial charge in [0.15, 0.2) is 0 Å². The van der Waals surface area contributed by atoms with Crippen molar-refractivity contribution in [2.24, 2.45) is 0 Å². The second-order valence-corrected chi connectivity index (χ2v) is 6.27. The largest absolute Gasteiger partial charge is 0.491 e. The van der Waals surface area contributed by atoms with Crippen molar-refractivity contribution in [3.05, 3.63) is 59.7 Å². The second-order valence-electron chi connectivity index (χ2n) is 6.27. The first kappa shape index (κ1) is 22.2. The van der Waals surface area contributed by atoms with Crippen LogP contribution in [-0.4, -0.2) is 46.2 Å². The Hall–Kier alpha value is -2.08. The minimum atomic E-state index is 0.521. The molecule has 5 nitrogen and oxygen atoms in total. The molecule has 0 fully saturated rings. The number of benzene rings is 2. The number of hydrogen-bond acceptors (Lipinski definition) is 5. The summed E-state index contributed by atoms with van der Waals surface area (Å²) in [6, 6.07) is 16.5. The molecule has 0 radical (unpaired) electrons. The van der Waals surface area contributed by atoms with Crippen LogP contribution in [0.15, 0.2) is 48.5 Å². The van der Waals surface area contributed by atoms with E-state index in [9.17, 15) is 0 Å². The highest BCUT2D eigenvalue weighted by Gasteiger charge is 2.07. The molecule has 0 amide bonds. The Morgan fingerprint density at radius 2 is 1.50 bits per heavy atom. The average molecular weight is 388 g/mol. The molecule has 0 aliphatic rings. The molecule has 0 saturated carbocycles. The monoisotopic (exact) mass is 387 g/mol. The van der Waals surface area contributed by atoms with E-state index in [1.165, 1.54) is 5.56 Å². The summed E-state index contributed by atoms with van der Waals surface area (Å²) < 4.78 is 22.4. The van der Waals surface area contributed by atoms with Crippen LogP contribution in [0.25, 0.3) is 0 Å². The molecule has 5 heteroatoms. The van der Waals surface area contributed by atoms with Gasteiger partial charge >= 0.3 is 0 Å². The SMILES string of the molecule is CCOCCOc1ccc(CNCCc2ccccc2)c(OCCOCC)c1. The molecule has 0 aliphatic heterocycles. The Bertz CT molecular complexity index is 648. The fourth-order valence-corrected chi connectivity index (χ4v) is 2.72. The van der Waals surface area contributed by atoms with Crippen LogP contribution in [0.3, 0.4) is 0 Å². The average Bonchev–Trinajstić information content (AvgIpc) is 2.73. The van der Waals surface area contributed by atoms with Crippen LogP contribution in [0.5, 0.6) is 11.5 Å². The van der Waals surface area contributed by atoms with Gasteiger partial charge in [-0.2, -0.15) is 0 Å². The van der Waals surface area contributed by atoms with Crippen molar-refractivity contribution >= 4 is 0 Å². The third-order valence-electron chi connectivity index (χ3n) is 4.18. The summed E-state index contributed by atoms with van der Waals surface area (Å²) >= 11 is 0. The van der Waals surface area contributed by atoms with Crippen molar-refractivity contribution in [1.82, 2.24) is 5.32 Å². The van der Waals surface area contributed by atoms with E-state index in [1.54, 1.807) is 0 Å². The standard InChI is InChI=1S/C23H33NO4/c1-3-25-14-16-27-22-11-10-21(23(18-22)28-17-15-26-4-2)19-24-13-12-20-8-6-5-7-9-20/h5-11,18,24H,3-4,12-17,19H2,1-2H3. The molecular weight excluding hydrogens is 354 g/mol. The lowest BCUT2D eigenvalue weighted by molar-refractivity contribution is 0.107. The van der Waals surface area contributed by atoms with Crippen LogP contribution in [0.1, 0.15) is 25.0 Å². The third-order valence-corrected chi connectivity index (χ3v) is 4.18. The van der Waals surface area contributed by atoms with E-state index >= 15 is 0 Å². The summed E-state index contributed by atoms with van der Waals surface area (Å²) in [7, 11) is 0. The smallest absolute Gasteiger partial charge is 0.127 e. The molecular formula is C23H33NO4. The van der Waals surface area contributed by atoms with Gasteiger partial charge in [-0.3, -0.25) is 0 Å². The van der Waals surface area contributed by atoms with E-state index in [2.05, 4.69) is 35.6 Å². The molecule has 1 N–H and O–H groups in total. The topological polar surface area (TPSA) is 49.0 Å². The van der Waals surface area contributed by atoms with E-state index in [1.807, 2.05) is 32.0 Å². The maximum atomic E-state index is 5.95. The van der Waals surface area contributed by atoms with Crippen molar-refractivity contribution < 1.29 is 18.9 Å². The normalized spacial score (nSPS) is 10.8.